The van der Waals surface area contributed by atoms with E-state index < -0.39 is 15.8 Å². The van der Waals surface area contributed by atoms with E-state index in [0.717, 1.165) is 22.3 Å². The van der Waals surface area contributed by atoms with E-state index in [1.165, 1.54) is 21.3 Å². The average Bonchev–Trinajstić information content (AvgIpc) is 2.74. The standard InChI is InChI=1S/C24H30ClFN2O3S/c1-15-13-16(2)18(4)23(17(15)3)32(30,31)28-11-9-19(10-12-28)24(29)27(5)14-20-21(25)7-6-8-22(20)26/h6-8,13,19H,9-12,14H2,1-5H3. The van der Waals surface area contributed by atoms with Crippen LogP contribution in [0.4, 0.5) is 4.39 Å². The van der Waals surface area contributed by atoms with Crippen LogP contribution in [0.3, 0.4) is 0 Å². The first kappa shape index (κ1) is 24.7. The lowest BCUT2D eigenvalue weighted by Crippen LogP contribution is -2.43. The molecule has 0 atom stereocenters. The van der Waals surface area contributed by atoms with Crippen LogP contribution in [0.25, 0.3) is 0 Å². The monoisotopic (exact) mass is 480 g/mol. The van der Waals surface area contributed by atoms with Crippen LogP contribution in [-0.4, -0.2) is 43.7 Å². The molecule has 0 unspecified atom stereocenters. The summed E-state index contributed by atoms with van der Waals surface area (Å²) >= 11 is 6.09. The van der Waals surface area contributed by atoms with Gasteiger partial charge in [0.15, 0.2) is 0 Å². The van der Waals surface area contributed by atoms with Crippen LogP contribution in [0.5, 0.6) is 0 Å². The number of halogens is 2. The molecule has 1 saturated heterocycles. The van der Waals surface area contributed by atoms with Gasteiger partial charge in [-0.15, -0.1) is 0 Å². The van der Waals surface area contributed by atoms with Crippen molar-refractivity contribution < 1.29 is 17.6 Å². The number of hydrogen-bond acceptors (Lipinski definition) is 3. The highest BCUT2D eigenvalue weighted by atomic mass is 35.5. The van der Waals surface area contributed by atoms with Crippen LogP contribution < -0.4 is 0 Å². The third-order valence-corrected chi connectivity index (χ3v) is 9.06. The Balaban J connectivity index is 1.72. The molecule has 32 heavy (non-hydrogen) atoms. The zero-order chi connectivity index (χ0) is 23.8. The Labute approximate surface area is 195 Å². The summed E-state index contributed by atoms with van der Waals surface area (Å²) in [5.41, 5.74) is 3.72. The normalized spacial score (nSPS) is 15.7. The van der Waals surface area contributed by atoms with E-state index in [-0.39, 0.29) is 42.0 Å². The smallest absolute Gasteiger partial charge is 0.243 e. The molecular weight excluding hydrogens is 451 g/mol. The second kappa shape index (κ2) is 9.49. The maximum absolute atomic E-state index is 14.1. The minimum atomic E-state index is -3.66. The molecule has 174 valence electrons. The van der Waals surface area contributed by atoms with Gasteiger partial charge in [-0.1, -0.05) is 23.7 Å². The number of amides is 1. The van der Waals surface area contributed by atoms with Gasteiger partial charge in [0.05, 0.1) is 4.90 Å². The molecule has 0 radical (unpaired) electrons. The molecule has 2 aromatic rings. The molecular formula is C24H30ClFN2O3S. The van der Waals surface area contributed by atoms with E-state index in [1.807, 2.05) is 33.8 Å². The van der Waals surface area contributed by atoms with Gasteiger partial charge in [-0.2, -0.15) is 4.31 Å². The van der Waals surface area contributed by atoms with Crippen LogP contribution >= 0.6 is 11.6 Å². The van der Waals surface area contributed by atoms with Crippen LogP contribution in [0, 0.1) is 39.4 Å². The van der Waals surface area contributed by atoms with E-state index in [4.69, 9.17) is 11.6 Å². The Kier molecular flexibility index (Phi) is 7.32. The van der Waals surface area contributed by atoms with Gasteiger partial charge in [0.1, 0.15) is 5.82 Å². The number of carbonyl (C=O) groups is 1. The second-order valence-corrected chi connectivity index (χ2v) is 10.9. The summed E-state index contributed by atoms with van der Waals surface area (Å²) in [5.74, 6) is -0.879. The lowest BCUT2D eigenvalue weighted by Gasteiger charge is -2.33. The predicted molar refractivity (Wildman–Crippen MR) is 125 cm³/mol. The molecule has 0 bridgehead atoms. The zero-order valence-corrected chi connectivity index (χ0v) is 20.8. The van der Waals surface area contributed by atoms with Crippen molar-refractivity contribution in [2.24, 2.45) is 5.92 Å². The molecule has 0 aromatic heterocycles. The summed E-state index contributed by atoms with van der Waals surface area (Å²) in [5, 5.41) is 0.282. The summed E-state index contributed by atoms with van der Waals surface area (Å²) < 4.78 is 42.4. The molecule has 1 aliphatic heterocycles. The van der Waals surface area contributed by atoms with Crippen molar-refractivity contribution in [2.45, 2.75) is 52.0 Å². The van der Waals surface area contributed by atoms with Gasteiger partial charge in [0.25, 0.3) is 0 Å². The maximum atomic E-state index is 14.1. The van der Waals surface area contributed by atoms with Gasteiger partial charge in [-0.25, -0.2) is 12.8 Å². The van der Waals surface area contributed by atoms with Crippen molar-refractivity contribution in [2.75, 3.05) is 20.1 Å². The summed E-state index contributed by atoms with van der Waals surface area (Å²) in [6.07, 6.45) is 0.854. The summed E-state index contributed by atoms with van der Waals surface area (Å²) in [6, 6.07) is 6.45. The summed E-state index contributed by atoms with van der Waals surface area (Å²) in [7, 11) is -2.03. The van der Waals surface area contributed by atoms with Crippen LogP contribution in [0.15, 0.2) is 29.2 Å². The van der Waals surface area contributed by atoms with E-state index in [1.54, 1.807) is 13.1 Å². The van der Waals surface area contributed by atoms with Crippen molar-refractivity contribution in [1.29, 1.82) is 0 Å². The molecule has 1 fully saturated rings. The predicted octanol–water partition coefficient (Wildman–Crippen LogP) is 4.77. The number of rotatable bonds is 5. The Morgan fingerprint density at radius 2 is 1.69 bits per heavy atom. The fourth-order valence-electron chi connectivity index (χ4n) is 4.35. The van der Waals surface area contributed by atoms with Gasteiger partial charge >= 0.3 is 0 Å². The third-order valence-electron chi connectivity index (χ3n) is 6.53. The molecule has 2 aromatic carbocycles. The molecule has 1 amide bonds. The summed E-state index contributed by atoms with van der Waals surface area (Å²) in [6.45, 7) is 8.15. The fourth-order valence-corrected chi connectivity index (χ4v) is 6.62. The van der Waals surface area contributed by atoms with Gasteiger partial charge in [0.2, 0.25) is 15.9 Å². The van der Waals surface area contributed by atoms with Crippen LogP contribution in [-0.2, 0) is 21.4 Å². The average molecular weight is 481 g/mol. The largest absolute Gasteiger partial charge is 0.341 e. The van der Waals surface area contributed by atoms with E-state index in [2.05, 4.69) is 0 Å². The fraction of sp³-hybridized carbons (Fsp3) is 0.458. The van der Waals surface area contributed by atoms with Gasteiger partial charge in [0, 0.05) is 43.2 Å². The van der Waals surface area contributed by atoms with Gasteiger partial charge < -0.3 is 4.90 Å². The molecule has 1 heterocycles. The Morgan fingerprint density at radius 3 is 2.22 bits per heavy atom. The minimum absolute atomic E-state index is 0.0732. The first-order chi connectivity index (χ1) is 14.9. The zero-order valence-electron chi connectivity index (χ0n) is 19.2. The SMILES string of the molecule is Cc1cc(C)c(C)c(S(=O)(=O)N2CCC(C(=O)N(C)Cc3c(F)cccc3Cl)CC2)c1C. The highest BCUT2D eigenvalue weighted by Crippen LogP contribution is 2.32. The van der Waals surface area contributed by atoms with Crippen molar-refractivity contribution in [3.8, 4) is 0 Å². The molecule has 0 aliphatic carbocycles. The number of benzene rings is 2. The number of piperidine rings is 1. The molecule has 1 aliphatic rings. The van der Waals surface area contributed by atoms with E-state index in [9.17, 15) is 17.6 Å². The van der Waals surface area contributed by atoms with Crippen molar-refractivity contribution >= 4 is 27.5 Å². The minimum Gasteiger partial charge on any atom is -0.341 e. The van der Waals surface area contributed by atoms with Gasteiger partial charge in [-0.05, 0) is 74.9 Å². The van der Waals surface area contributed by atoms with Crippen LogP contribution in [0.1, 0.15) is 40.7 Å². The molecule has 0 spiro atoms. The Hall–Kier alpha value is -1.96. The van der Waals surface area contributed by atoms with Crippen molar-refractivity contribution in [3.05, 3.63) is 62.9 Å². The molecule has 8 heteroatoms. The molecule has 3 rings (SSSR count). The quantitative estimate of drug-likeness (QED) is 0.619. The first-order valence-electron chi connectivity index (χ1n) is 10.7. The molecule has 5 nitrogen and oxygen atoms in total. The maximum Gasteiger partial charge on any atom is 0.243 e. The second-order valence-electron chi connectivity index (χ2n) is 8.66. The molecule has 0 saturated carbocycles. The van der Waals surface area contributed by atoms with Crippen molar-refractivity contribution in [1.82, 2.24) is 9.21 Å². The Morgan fingerprint density at radius 1 is 1.12 bits per heavy atom. The third kappa shape index (κ3) is 4.70. The number of sulfonamides is 1. The Bertz CT molecular complexity index is 1100. The summed E-state index contributed by atoms with van der Waals surface area (Å²) in [4.78, 5) is 14.8. The van der Waals surface area contributed by atoms with Crippen LogP contribution in [0.2, 0.25) is 5.02 Å². The number of nitrogens with zero attached hydrogens (tertiary/aromatic N) is 2. The highest BCUT2D eigenvalue weighted by Gasteiger charge is 2.35. The van der Waals surface area contributed by atoms with E-state index in [0.29, 0.717) is 17.7 Å². The number of aryl methyl sites for hydroxylation is 2. The number of carbonyl (C=O) groups excluding carboxylic acids is 1. The van der Waals surface area contributed by atoms with Gasteiger partial charge in [-0.3, -0.25) is 4.79 Å². The van der Waals surface area contributed by atoms with E-state index >= 15 is 0 Å². The lowest BCUT2D eigenvalue weighted by molar-refractivity contribution is -0.135. The molecule has 0 N–H and O–H groups in total. The number of hydrogen-bond donors (Lipinski definition) is 0. The first-order valence-corrected chi connectivity index (χ1v) is 12.5. The van der Waals surface area contributed by atoms with Crippen molar-refractivity contribution in [3.63, 3.8) is 0 Å². The lowest BCUT2D eigenvalue weighted by atomic mass is 9.96. The highest BCUT2D eigenvalue weighted by molar-refractivity contribution is 7.89. The topological polar surface area (TPSA) is 57.7 Å².